The molecule has 1 aliphatic heterocycles. The van der Waals surface area contributed by atoms with Crippen molar-refractivity contribution in [2.45, 2.75) is 50.7 Å². The number of methoxy groups -OCH3 is 1. The van der Waals surface area contributed by atoms with E-state index in [0.29, 0.717) is 11.6 Å². The number of rotatable bonds is 3. The van der Waals surface area contributed by atoms with E-state index in [4.69, 9.17) is 4.74 Å². The van der Waals surface area contributed by atoms with E-state index in [1.807, 2.05) is 7.11 Å². The fourth-order valence-electron chi connectivity index (χ4n) is 2.60. The van der Waals surface area contributed by atoms with Gasteiger partial charge in [-0.1, -0.05) is 6.92 Å². The minimum Gasteiger partial charge on any atom is -0.381 e. The van der Waals surface area contributed by atoms with Gasteiger partial charge in [0.1, 0.15) is 0 Å². The van der Waals surface area contributed by atoms with E-state index in [0.717, 1.165) is 0 Å². The Morgan fingerprint density at radius 1 is 1.31 bits per heavy atom. The molecule has 13 heavy (non-hydrogen) atoms. The molecule has 0 atom stereocenters. The average Bonchev–Trinajstić information content (AvgIpc) is 2.99. The molecule has 0 bridgehead atoms. The van der Waals surface area contributed by atoms with Gasteiger partial charge < -0.3 is 4.74 Å². The highest BCUT2D eigenvalue weighted by molar-refractivity contribution is 5.03. The van der Waals surface area contributed by atoms with Crippen LogP contribution in [0, 0.1) is 0 Å². The van der Waals surface area contributed by atoms with E-state index in [1.54, 1.807) is 0 Å². The van der Waals surface area contributed by atoms with Crippen LogP contribution in [0.1, 0.15) is 39.0 Å². The molecule has 0 radical (unpaired) electrons. The van der Waals surface area contributed by atoms with E-state index < -0.39 is 0 Å². The van der Waals surface area contributed by atoms with Crippen LogP contribution >= 0.6 is 0 Å². The summed E-state index contributed by atoms with van der Waals surface area (Å²) >= 11 is 0. The van der Waals surface area contributed by atoms with Gasteiger partial charge in [-0.2, -0.15) is 0 Å². The third-order valence-corrected chi connectivity index (χ3v) is 3.93. The Morgan fingerprint density at radius 3 is 2.31 bits per heavy atom. The third kappa shape index (κ3) is 1.75. The number of likely N-dealkylation sites (tertiary alicyclic amines) is 1. The molecule has 1 saturated carbocycles. The van der Waals surface area contributed by atoms with Gasteiger partial charge in [0, 0.05) is 25.7 Å². The molecule has 0 spiro atoms. The maximum Gasteiger partial charge on any atom is 0.0595 e. The number of hydrogen-bond acceptors (Lipinski definition) is 2. The second kappa shape index (κ2) is 3.58. The molecule has 76 valence electrons. The van der Waals surface area contributed by atoms with Gasteiger partial charge in [0.05, 0.1) is 6.10 Å². The monoisotopic (exact) mass is 183 g/mol. The summed E-state index contributed by atoms with van der Waals surface area (Å²) in [6.45, 7) is 4.84. The lowest BCUT2D eigenvalue weighted by atomic mass is 10.0. The minimum absolute atomic E-state index is 0.531. The van der Waals surface area contributed by atoms with Crippen LogP contribution in [-0.2, 0) is 4.74 Å². The molecular formula is C11H21NO. The van der Waals surface area contributed by atoms with Crippen molar-refractivity contribution in [3.8, 4) is 0 Å². The summed E-state index contributed by atoms with van der Waals surface area (Å²) in [5.74, 6) is 0. The Kier molecular flexibility index (Phi) is 2.61. The van der Waals surface area contributed by atoms with Crippen LogP contribution in [0.25, 0.3) is 0 Å². The smallest absolute Gasteiger partial charge is 0.0595 e. The SMILES string of the molecule is CCC1(N2CCC(OC)CC2)CC1. The molecule has 2 rings (SSSR count). The Bertz CT molecular complexity index is 169. The molecule has 2 heteroatoms. The van der Waals surface area contributed by atoms with Crippen LogP contribution in [-0.4, -0.2) is 36.7 Å². The first-order valence-corrected chi connectivity index (χ1v) is 5.58. The molecule has 0 aromatic carbocycles. The first kappa shape index (κ1) is 9.47. The molecule has 2 fully saturated rings. The molecule has 0 amide bonds. The Balaban J connectivity index is 1.84. The van der Waals surface area contributed by atoms with Crippen molar-refractivity contribution in [3.05, 3.63) is 0 Å². The topological polar surface area (TPSA) is 12.5 Å². The van der Waals surface area contributed by atoms with Gasteiger partial charge in [0.25, 0.3) is 0 Å². The highest BCUT2D eigenvalue weighted by Gasteiger charge is 2.46. The van der Waals surface area contributed by atoms with Gasteiger partial charge in [-0.15, -0.1) is 0 Å². The summed E-state index contributed by atoms with van der Waals surface area (Å²) in [7, 11) is 1.84. The molecule has 0 aromatic heterocycles. The fraction of sp³-hybridized carbons (Fsp3) is 1.00. The number of piperidine rings is 1. The second-order valence-electron chi connectivity index (χ2n) is 4.50. The van der Waals surface area contributed by atoms with Crippen molar-refractivity contribution in [1.29, 1.82) is 0 Å². The largest absolute Gasteiger partial charge is 0.381 e. The molecule has 1 saturated heterocycles. The lowest BCUT2D eigenvalue weighted by molar-refractivity contribution is 0.0213. The molecule has 0 unspecified atom stereocenters. The van der Waals surface area contributed by atoms with Gasteiger partial charge in [0.2, 0.25) is 0 Å². The predicted molar refractivity (Wildman–Crippen MR) is 53.9 cm³/mol. The summed E-state index contributed by atoms with van der Waals surface area (Å²) < 4.78 is 5.38. The summed E-state index contributed by atoms with van der Waals surface area (Å²) in [4.78, 5) is 2.70. The first-order chi connectivity index (χ1) is 6.30. The van der Waals surface area contributed by atoms with Crippen LogP contribution in [0.3, 0.4) is 0 Å². The Hall–Kier alpha value is -0.0800. The standard InChI is InChI=1S/C11H21NO/c1-3-11(6-7-11)12-8-4-10(13-2)5-9-12/h10H,3-9H2,1-2H3. The second-order valence-corrected chi connectivity index (χ2v) is 4.50. The summed E-state index contributed by atoms with van der Waals surface area (Å²) in [5.41, 5.74) is 0.624. The van der Waals surface area contributed by atoms with E-state index in [9.17, 15) is 0 Å². The summed E-state index contributed by atoms with van der Waals surface area (Å²) in [6, 6.07) is 0. The number of nitrogens with zero attached hydrogens (tertiary/aromatic N) is 1. The zero-order chi connectivity index (χ0) is 9.31. The highest BCUT2D eigenvalue weighted by atomic mass is 16.5. The summed E-state index contributed by atoms with van der Waals surface area (Å²) in [6.07, 6.45) is 7.20. The molecule has 2 aliphatic rings. The first-order valence-electron chi connectivity index (χ1n) is 5.58. The maximum atomic E-state index is 5.38. The molecule has 1 heterocycles. The van der Waals surface area contributed by atoms with Gasteiger partial charge in [-0.25, -0.2) is 0 Å². The number of hydrogen-bond donors (Lipinski definition) is 0. The Morgan fingerprint density at radius 2 is 1.92 bits per heavy atom. The van der Waals surface area contributed by atoms with Gasteiger partial charge in [-0.3, -0.25) is 4.90 Å². The third-order valence-electron chi connectivity index (χ3n) is 3.93. The lowest BCUT2D eigenvalue weighted by Gasteiger charge is -2.37. The van der Waals surface area contributed by atoms with Crippen molar-refractivity contribution in [2.75, 3.05) is 20.2 Å². The van der Waals surface area contributed by atoms with E-state index in [1.165, 1.54) is 45.2 Å². The lowest BCUT2D eigenvalue weighted by Crippen LogP contribution is -2.44. The van der Waals surface area contributed by atoms with Gasteiger partial charge in [0.15, 0.2) is 0 Å². The summed E-state index contributed by atoms with van der Waals surface area (Å²) in [5, 5.41) is 0. The van der Waals surface area contributed by atoms with Crippen molar-refractivity contribution in [2.24, 2.45) is 0 Å². The maximum absolute atomic E-state index is 5.38. The average molecular weight is 183 g/mol. The Labute approximate surface area is 81.3 Å². The zero-order valence-corrected chi connectivity index (χ0v) is 8.88. The van der Waals surface area contributed by atoms with Crippen molar-refractivity contribution < 1.29 is 4.74 Å². The zero-order valence-electron chi connectivity index (χ0n) is 8.88. The van der Waals surface area contributed by atoms with Crippen molar-refractivity contribution in [3.63, 3.8) is 0 Å². The quantitative estimate of drug-likeness (QED) is 0.664. The van der Waals surface area contributed by atoms with E-state index in [-0.39, 0.29) is 0 Å². The van der Waals surface area contributed by atoms with Crippen LogP contribution in [0.5, 0.6) is 0 Å². The van der Waals surface area contributed by atoms with Gasteiger partial charge >= 0.3 is 0 Å². The molecule has 0 N–H and O–H groups in total. The van der Waals surface area contributed by atoms with Gasteiger partial charge in [-0.05, 0) is 32.1 Å². The fourth-order valence-corrected chi connectivity index (χ4v) is 2.60. The van der Waals surface area contributed by atoms with Crippen molar-refractivity contribution in [1.82, 2.24) is 4.90 Å². The number of ether oxygens (including phenoxy) is 1. The van der Waals surface area contributed by atoms with E-state index >= 15 is 0 Å². The van der Waals surface area contributed by atoms with E-state index in [2.05, 4.69) is 11.8 Å². The minimum atomic E-state index is 0.531. The molecule has 0 aromatic rings. The molecule has 2 nitrogen and oxygen atoms in total. The molecular weight excluding hydrogens is 162 g/mol. The van der Waals surface area contributed by atoms with Crippen LogP contribution in [0.15, 0.2) is 0 Å². The highest BCUT2D eigenvalue weighted by Crippen LogP contribution is 2.45. The van der Waals surface area contributed by atoms with Crippen molar-refractivity contribution >= 4 is 0 Å². The van der Waals surface area contributed by atoms with Crippen LogP contribution in [0.4, 0.5) is 0 Å². The predicted octanol–water partition coefficient (Wildman–Crippen LogP) is 2.04. The molecule has 1 aliphatic carbocycles. The van der Waals surface area contributed by atoms with Crippen LogP contribution in [0.2, 0.25) is 0 Å². The van der Waals surface area contributed by atoms with Crippen LogP contribution < -0.4 is 0 Å². The normalized spacial score (nSPS) is 29.1.